The average molecular weight is 386 g/mol. The first-order chi connectivity index (χ1) is 12.2. The summed E-state index contributed by atoms with van der Waals surface area (Å²) in [5, 5.41) is 2.91. The van der Waals surface area contributed by atoms with Crippen molar-refractivity contribution in [3.8, 4) is 5.75 Å². The van der Waals surface area contributed by atoms with Crippen LogP contribution in [0.1, 0.15) is 15.2 Å². The number of nitrogens with zero attached hydrogens (tertiary/aromatic N) is 1. The summed E-state index contributed by atoms with van der Waals surface area (Å²) in [7, 11) is 1.32. The lowest BCUT2D eigenvalue weighted by molar-refractivity contribution is -0.136. The van der Waals surface area contributed by atoms with Gasteiger partial charge in [0.15, 0.2) is 0 Å². The van der Waals surface area contributed by atoms with Gasteiger partial charge in [-0.05, 0) is 12.1 Å². The van der Waals surface area contributed by atoms with Crippen LogP contribution in [0.25, 0.3) is 10.1 Å². The number of methoxy groups -OCH3 is 1. The number of alkyl halides is 3. The van der Waals surface area contributed by atoms with Gasteiger partial charge in [0, 0.05) is 18.5 Å². The van der Waals surface area contributed by atoms with E-state index in [0.717, 1.165) is 17.4 Å². The standard InChI is InChI=1S/C16H13F3N2O4S/c1-24-10-8-3-2-4-9(16(17,18)19)11(8)26-12(10)13(22)21-5-15(6-21)7-25-14(23)20-15/h2-4H,5-7H2,1H3,(H,20,23). The highest BCUT2D eigenvalue weighted by atomic mass is 32.1. The number of benzene rings is 1. The minimum atomic E-state index is -4.53. The minimum Gasteiger partial charge on any atom is -0.494 e. The summed E-state index contributed by atoms with van der Waals surface area (Å²) in [4.78, 5) is 25.5. The summed E-state index contributed by atoms with van der Waals surface area (Å²) in [6.45, 7) is 0.638. The number of fused-ring (bicyclic) bond motifs is 1. The van der Waals surface area contributed by atoms with Crippen molar-refractivity contribution >= 4 is 33.4 Å². The molecule has 26 heavy (non-hydrogen) atoms. The van der Waals surface area contributed by atoms with E-state index in [0.29, 0.717) is 0 Å². The molecule has 0 radical (unpaired) electrons. The zero-order chi connectivity index (χ0) is 18.7. The largest absolute Gasteiger partial charge is 0.494 e. The highest BCUT2D eigenvalue weighted by molar-refractivity contribution is 7.21. The van der Waals surface area contributed by atoms with Crippen LogP contribution in [0.2, 0.25) is 0 Å². The van der Waals surface area contributed by atoms with Crippen LogP contribution in [-0.4, -0.2) is 49.2 Å². The topological polar surface area (TPSA) is 67.9 Å². The SMILES string of the molecule is COc1c(C(=O)N2CC3(COC(=O)N3)C2)sc2c(C(F)(F)F)cccc12. The second-order valence-electron chi connectivity index (χ2n) is 6.29. The second-order valence-corrected chi connectivity index (χ2v) is 7.31. The van der Waals surface area contributed by atoms with E-state index in [9.17, 15) is 22.8 Å². The van der Waals surface area contributed by atoms with Crippen molar-refractivity contribution in [2.75, 3.05) is 26.8 Å². The molecule has 4 rings (SSSR count). The Balaban J connectivity index is 1.68. The van der Waals surface area contributed by atoms with Crippen LogP contribution in [0.4, 0.5) is 18.0 Å². The van der Waals surface area contributed by atoms with Crippen LogP contribution in [0.15, 0.2) is 18.2 Å². The molecule has 0 saturated carbocycles. The van der Waals surface area contributed by atoms with Gasteiger partial charge in [0.2, 0.25) is 0 Å². The fourth-order valence-electron chi connectivity index (χ4n) is 3.30. The summed E-state index contributed by atoms with van der Waals surface area (Å²) in [5.41, 5.74) is -1.40. The van der Waals surface area contributed by atoms with Gasteiger partial charge in [-0.2, -0.15) is 13.2 Å². The zero-order valence-corrected chi connectivity index (χ0v) is 14.3. The summed E-state index contributed by atoms with van der Waals surface area (Å²) < 4.78 is 49.8. The van der Waals surface area contributed by atoms with Crippen molar-refractivity contribution in [3.63, 3.8) is 0 Å². The number of rotatable bonds is 2. The summed E-state index contributed by atoms with van der Waals surface area (Å²) in [6, 6.07) is 3.77. The molecule has 2 aliphatic heterocycles. The Morgan fingerprint density at radius 1 is 1.38 bits per heavy atom. The van der Waals surface area contributed by atoms with Gasteiger partial charge >= 0.3 is 12.3 Å². The number of carbonyl (C=O) groups excluding carboxylic acids is 2. The van der Waals surface area contributed by atoms with E-state index in [2.05, 4.69) is 5.32 Å². The molecule has 2 aromatic rings. The van der Waals surface area contributed by atoms with E-state index >= 15 is 0 Å². The highest BCUT2D eigenvalue weighted by Crippen LogP contribution is 2.45. The number of cyclic esters (lactones) is 1. The average Bonchev–Trinajstić information content (AvgIpc) is 3.12. The monoisotopic (exact) mass is 386 g/mol. The third-order valence-corrected chi connectivity index (χ3v) is 5.70. The Labute approximate surface area is 149 Å². The Morgan fingerprint density at radius 2 is 2.12 bits per heavy atom. The zero-order valence-electron chi connectivity index (χ0n) is 13.5. The number of amides is 2. The van der Waals surface area contributed by atoms with E-state index in [4.69, 9.17) is 9.47 Å². The maximum Gasteiger partial charge on any atom is 0.417 e. The number of thiophene rings is 1. The third-order valence-electron chi connectivity index (χ3n) is 4.49. The lowest BCUT2D eigenvalue weighted by Gasteiger charge is -2.45. The van der Waals surface area contributed by atoms with Crippen molar-refractivity contribution in [1.82, 2.24) is 10.2 Å². The quantitative estimate of drug-likeness (QED) is 0.862. The molecule has 1 aromatic carbocycles. The molecule has 0 atom stereocenters. The molecule has 0 unspecified atom stereocenters. The number of alkyl carbamates (subject to hydrolysis) is 1. The molecule has 0 bridgehead atoms. The number of hydrogen-bond donors (Lipinski definition) is 1. The normalized spacial score (nSPS) is 18.6. The fourth-order valence-corrected chi connectivity index (χ4v) is 4.57. The van der Waals surface area contributed by atoms with Crippen molar-refractivity contribution < 1.29 is 32.2 Å². The Hall–Kier alpha value is -2.49. The van der Waals surface area contributed by atoms with Gasteiger partial charge in [-0.15, -0.1) is 11.3 Å². The number of hydrogen-bond acceptors (Lipinski definition) is 5. The Bertz CT molecular complexity index is 918. The molecule has 2 amide bonds. The third kappa shape index (κ3) is 2.47. The van der Waals surface area contributed by atoms with Crippen LogP contribution in [0, 0.1) is 0 Å². The number of nitrogens with one attached hydrogen (secondary N) is 1. The molecule has 0 aliphatic carbocycles. The van der Waals surface area contributed by atoms with E-state index in [-0.39, 0.29) is 40.4 Å². The van der Waals surface area contributed by atoms with Crippen LogP contribution in [-0.2, 0) is 10.9 Å². The first kappa shape index (κ1) is 17.0. The number of halogens is 3. The van der Waals surface area contributed by atoms with Gasteiger partial charge in [0.25, 0.3) is 5.91 Å². The predicted octanol–water partition coefficient (Wildman–Crippen LogP) is 2.86. The molecular weight excluding hydrogens is 373 g/mol. The van der Waals surface area contributed by atoms with Crippen molar-refractivity contribution in [1.29, 1.82) is 0 Å². The van der Waals surface area contributed by atoms with Crippen LogP contribution in [0.3, 0.4) is 0 Å². The van der Waals surface area contributed by atoms with Gasteiger partial charge in [-0.25, -0.2) is 4.79 Å². The summed E-state index contributed by atoms with van der Waals surface area (Å²) >= 11 is 0.764. The van der Waals surface area contributed by atoms with Crippen molar-refractivity contribution in [2.24, 2.45) is 0 Å². The van der Waals surface area contributed by atoms with Crippen LogP contribution < -0.4 is 10.1 Å². The lowest BCUT2D eigenvalue weighted by Crippen LogP contribution is -2.69. The van der Waals surface area contributed by atoms with Gasteiger partial charge in [-0.1, -0.05) is 6.07 Å². The molecular formula is C16H13F3N2O4S. The van der Waals surface area contributed by atoms with Gasteiger partial charge in [0.1, 0.15) is 22.8 Å². The Morgan fingerprint density at radius 3 is 2.69 bits per heavy atom. The molecule has 10 heteroatoms. The highest BCUT2D eigenvalue weighted by Gasteiger charge is 2.51. The summed E-state index contributed by atoms with van der Waals surface area (Å²) in [6.07, 6.45) is -5.06. The van der Waals surface area contributed by atoms with Crippen LogP contribution >= 0.6 is 11.3 Å². The molecule has 6 nitrogen and oxygen atoms in total. The smallest absolute Gasteiger partial charge is 0.417 e. The van der Waals surface area contributed by atoms with E-state index in [1.165, 1.54) is 24.1 Å². The predicted molar refractivity (Wildman–Crippen MR) is 86.5 cm³/mol. The number of ether oxygens (including phenoxy) is 2. The number of carbonyl (C=O) groups is 2. The molecule has 2 saturated heterocycles. The Kier molecular flexibility index (Phi) is 3.59. The van der Waals surface area contributed by atoms with Gasteiger partial charge in [-0.3, -0.25) is 4.79 Å². The molecule has 3 heterocycles. The summed E-state index contributed by atoms with van der Waals surface area (Å²) in [5.74, 6) is -0.295. The lowest BCUT2D eigenvalue weighted by atomic mass is 9.91. The molecule has 1 aromatic heterocycles. The van der Waals surface area contributed by atoms with E-state index in [1.54, 1.807) is 0 Å². The molecule has 138 valence electrons. The van der Waals surface area contributed by atoms with Crippen LogP contribution in [0.5, 0.6) is 5.75 Å². The van der Waals surface area contributed by atoms with E-state index < -0.39 is 29.3 Å². The first-order valence-corrected chi connectivity index (χ1v) is 8.47. The van der Waals surface area contributed by atoms with Crippen molar-refractivity contribution in [2.45, 2.75) is 11.7 Å². The van der Waals surface area contributed by atoms with Gasteiger partial charge in [0.05, 0.1) is 17.4 Å². The maximum atomic E-state index is 13.3. The van der Waals surface area contributed by atoms with Gasteiger partial charge < -0.3 is 19.7 Å². The number of likely N-dealkylation sites (tertiary alicyclic amines) is 1. The maximum absolute atomic E-state index is 13.3. The molecule has 2 fully saturated rings. The van der Waals surface area contributed by atoms with Crippen molar-refractivity contribution in [3.05, 3.63) is 28.6 Å². The molecule has 2 aliphatic rings. The fraction of sp³-hybridized carbons (Fsp3) is 0.375. The second kappa shape index (κ2) is 5.50. The molecule has 1 spiro atoms. The van der Waals surface area contributed by atoms with E-state index in [1.807, 2.05) is 0 Å². The first-order valence-electron chi connectivity index (χ1n) is 7.65. The molecule has 1 N–H and O–H groups in total. The minimum absolute atomic E-state index is 0.0343.